The van der Waals surface area contributed by atoms with Crippen molar-refractivity contribution in [2.24, 2.45) is 0 Å². The van der Waals surface area contributed by atoms with E-state index in [1.165, 1.54) is 0 Å². The zero-order chi connectivity index (χ0) is 12.3. The number of nitrogens with one attached hydrogen (secondary N) is 1. The maximum atomic E-state index is 4.61. The van der Waals surface area contributed by atoms with E-state index in [9.17, 15) is 0 Å². The van der Waals surface area contributed by atoms with Crippen molar-refractivity contribution in [1.29, 1.82) is 0 Å². The minimum Gasteiger partial charge on any atom is -0.351 e. The van der Waals surface area contributed by atoms with Crippen LogP contribution in [0.3, 0.4) is 0 Å². The van der Waals surface area contributed by atoms with Crippen LogP contribution in [0.4, 0.5) is 11.8 Å². The van der Waals surface area contributed by atoms with E-state index in [2.05, 4.69) is 27.1 Å². The lowest BCUT2D eigenvalue weighted by molar-refractivity contribution is 0.410. The smallest absolute Gasteiger partial charge is 0.226 e. The maximum Gasteiger partial charge on any atom is 0.226 e. The average molecular weight is 235 g/mol. The SMILES string of the molecule is CCCN(c1ccnc(N(C)C)n1)C1CNC1. The molecule has 17 heavy (non-hydrogen) atoms. The van der Waals surface area contributed by atoms with E-state index >= 15 is 0 Å². The van der Waals surface area contributed by atoms with Crippen molar-refractivity contribution in [3.63, 3.8) is 0 Å². The van der Waals surface area contributed by atoms with Gasteiger partial charge in [0, 0.05) is 39.9 Å². The lowest BCUT2D eigenvalue weighted by Gasteiger charge is -2.39. The maximum absolute atomic E-state index is 4.61. The highest BCUT2D eigenvalue weighted by atomic mass is 15.3. The molecule has 5 nitrogen and oxygen atoms in total. The molecule has 1 saturated heterocycles. The first kappa shape index (κ1) is 12.1. The summed E-state index contributed by atoms with van der Waals surface area (Å²) in [4.78, 5) is 13.2. The Hall–Kier alpha value is -1.36. The summed E-state index contributed by atoms with van der Waals surface area (Å²) in [5, 5.41) is 3.31. The van der Waals surface area contributed by atoms with Gasteiger partial charge < -0.3 is 15.1 Å². The van der Waals surface area contributed by atoms with Gasteiger partial charge in [-0.25, -0.2) is 4.98 Å². The van der Waals surface area contributed by atoms with Crippen LogP contribution < -0.4 is 15.1 Å². The van der Waals surface area contributed by atoms with Crippen LogP contribution >= 0.6 is 0 Å². The number of anilines is 2. The largest absolute Gasteiger partial charge is 0.351 e. The normalized spacial score (nSPS) is 15.5. The fraction of sp³-hybridized carbons (Fsp3) is 0.667. The van der Waals surface area contributed by atoms with Crippen molar-refractivity contribution in [3.8, 4) is 0 Å². The third-order valence-corrected chi connectivity index (χ3v) is 2.99. The Morgan fingerprint density at radius 3 is 2.71 bits per heavy atom. The highest BCUT2D eigenvalue weighted by molar-refractivity contribution is 5.44. The van der Waals surface area contributed by atoms with Gasteiger partial charge in [-0.05, 0) is 12.5 Å². The molecule has 1 N–H and O–H groups in total. The van der Waals surface area contributed by atoms with Gasteiger partial charge in [0.1, 0.15) is 5.82 Å². The molecule has 5 heteroatoms. The predicted molar refractivity (Wildman–Crippen MR) is 70.7 cm³/mol. The van der Waals surface area contributed by atoms with Crippen LogP contribution in [0.25, 0.3) is 0 Å². The summed E-state index contributed by atoms with van der Waals surface area (Å²) in [6.45, 7) is 5.37. The van der Waals surface area contributed by atoms with Crippen molar-refractivity contribution in [3.05, 3.63) is 12.3 Å². The van der Waals surface area contributed by atoms with Gasteiger partial charge in [-0.2, -0.15) is 4.98 Å². The molecule has 0 radical (unpaired) electrons. The van der Waals surface area contributed by atoms with Crippen LogP contribution in [0, 0.1) is 0 Å². The Morgan fingerprint density at radius 1 is 1.41 bits per heavy atom. The molecule has 1 aliphatic heterocycles. The van der Waals surface area contributed by atoms with Gasteiger partial charge in [0.15, 0.2) is 0 Å². The molecule has 0 aliphatic carbocycles. The van der Waals surface area contributed by atoms with Crippen LogP contribution in [0.15, 0.2) is 12.3 Å². The number of rotatable bonds is 5. The molecule has 0 spiro atoms. The highest BCUT2D eigenvalue weighted by Gasteiger charge is 2.25. The van der Waals surface area contributed by atoms with Crippen molar-refractivity contribution in [1.82, 2.24) is 15.3 Å². The predicted octanol–water partition coefficient (Wildman–Crippen LogP) is 0.731. The molecule has 94 valence electrons. The van der Waals surface area contributed by atoms with E-state index in [4.69, 9.17) is 0 Å². The van der Waals surface area contributed by atoms with Crippen LogP contribution in [0.1, 0.15) is 13.3 Å². The molecule has 0 atom stereocenters. The summed E-state index contributed by atoms with van der Waals surface area (Å²) < 4.78 is 0. The second-order valence-electron chi connectivity index (χ2n) is 4.61. The fourth-order valence-corrected chi connectivity index (χ4v) is 1.93. The van der Waals surface area contributed by atoms with Crippen molar-refractivity contribution in [2.45, 2.75) is 19.4 Å². The van der Waals surface area contributed by atoms with Gasteiger partial charge in [0.25, 0.3) is 0 Å². The molecule has 0 amide bonds. The van der Waals surface area contributed by atoms with Crippen LogP contribution in [-0.2, 0) is 0 Å². The number of nitrogens with zero attached hydrogens (tertiary/aromatic N) is 4. The van der Waals surface area contributed by atoms with Gasteiger partial charge in [0.2, 0.25) is 5.95 Å². The van der Waals surface area contributed by atoms with E-state index in [0.29, 0.717) is 6.04 Å². The third-order valence-electron chi connectivity index (χ3n) is 2.99. The Labute approximate surface area is 103 Å². The van der Waals surface area contributed by atoms with Gasteiger partial charge in [-0.1, -0.05) is 6.92 Å². The molecule has 0 bridgehead atoms. The van der Waals surface area contributed by atoms with Crippen molar-refractivity contribution in [2.75, 3.05) is 43.5 Å². The lowest BCUT2D eigenvalue weighted by atomic mass is 10.1. The Bertz CT molecular complexity index is 362. The van der Waals surface area contributed by atoms with E-state index in [1.807, 2.05) is 31.3 Å². The Kier molecular flexibility index (Phi) is 3.78. The second kappa shape index (κ2) is 5.31. The fourth-order valence-electron chi connectivity index (χ4n) is 1.93. The first-order chi connectivity index (χ1) is 8.22. The molecule has 2 rings (SSSR count). The van der Waals surface area contributed by atoms with Gasteiger partial charge >= 0.3 is 0 Å². The summed E-state index contributed by atoms with van der Waals surface area (Å²) in [6, 6.07) is 2.58. The second-order valence-corrected chi connectivity index (χ2v) is 4.61. The minimum absolute atomic E-state index is 0.583. The minimum atomic E-state index is 0.583. The average Bonchev–Trinajstić information content (AvgIpc) is 2.26. The summed E-state index contributed by atoms with van der Waals surface area (Å²) in [5.41, 5.74) is 0. The third kappa shape index (κ3) is 2.66. The van der Waals surface area contributed by atoms with Crippen LogP contribution in [0.2, 0.25) is 0 Å². The van der Waals surface area contributed by atoms with E-state index < -0.39 is 0 Å². The Morgan fingerprint density at radius 2 is 2.18 bits per heavy atom. The molecule has 0 saturated carbocycles. The lowest BCUT2D eigenvalue weighted by Crippen LogP contribution is -2.57. The monoisotopic (exact) mass is 235 g/mol. The highest BCUT2D eigenvalue weighted by Crippen LogP contribution is 2.18. The van der Waals surface area contributed by atoms with Gasteiger partial charge in [-0.15, -0.1) is 0 Å². The van der Waals surface area contributed by atoms with Gasteiger partial charge in [-0.3, -0.25) is 0 Å². The van der Waals surface area contributed by atoms with Gasteiger partial charge in [0.05, 0.1) is 6.04 Å². The first-order valence-electron chi connectivity index (χ1n) is 6.20. The van der Waals surface area contributed by atoms with E-state index in [0.717, 1.165) is 37.8 Å². The standard InChI is InChI=1S/C12H21N5/c1-4-7-17(10-8-13-9-10)11-5-6-14-12(15-11)16(2)3/h5-6,10,13H,4,7-9H2,1-3H3. The topological polar surface area (TPSA) is 44.3 Å². The number of hydrogen-bond donors (Lipinski definition) is 1. The summed E-state index contributed by atoms with van der Waals surface area (Å²) >= 11 is 0. The molecule has 1 fully saturated rings. The number of aromatic nitrogens is 2. The molecular formula is C12H21N5. The first-order valence-corrected chi connectivity index (χ1v) is 6.20. The summed E-state index contributed by atoms with van der Waals surface area (Å²) in [6.07, 6.45) is 2.98. The summed E-state index contributed by atoms with van der Waals surface area (Å²) in [5.74, 6) is 1.81. The Balaban J connectivity index is 2.19. The molecule has 0 unspecified atom stereocenters. The molecule has 2 heterocycles. The van der Waals surface area contributed by atoms with Crippen LogP contribution in [-0.4, -0.2) is 49.7 Å². The molecular weight excluding hydrogens is 214 g/mol. The molecule has 1 aliphatic rings. The number of hydrogen-bond acceptors (Lipinski definition) is 5. The molecule has 0 aromatic carbocycles. The van der Waals surface area contributed by atoms with Crippen molar-refractivity contribution >= 4 is 11.8 Å². The van der Waals surface area contributed by atoms with E-state index in [-0.39, 0.29) is 0 Å². The zero-order valence-electron chi connectivity index (χ0n) is 10.8. The molecule has 1 aromatic rings. The van der Waals surface area contributed by atoms with E-state index in [1.54, 1.807) is 0 Å². The van der Waals surface area contributed by atoms with Crippen LogP contribution in [0.5, 0.6) is 0 Å². The van der Waals surface area contributed by atoms with Crippen molar-refractivity contribution < 1.29 is 0 Å². The quantitative estimate of drug-likeness (QED) is 0.815. The summed E-state index contributed by atoms with van der Waals surface area (Å²) in [7, 11) is 3.93. The molecule has 1 aromatic heterocycles. The zero-order valence-corrected chi connectivity index (χ0v) is 10.8.